The third-order valence-electron chi connectivity index (χ3n) is 4.61. The second kappa shape index (κ2) is 4.05. The summed E-state index contributed by atoms with van der Waals surface area (Å²) in [5.74, 6) is 0.0900. The summed E-state index contributed by atoms with van der Waals surface area (Å²) in [6, 6.07) is 16.8. The minimum Gasteiger partial charge on any atom is -0.289 e. The molecule has 1 heteroatoms. The average Bonchev–Trinajstić information content (AvgIpc) is 2.94. The third kappa shape index (κ3) is 1.40. The largest absolute Gasteiger partial charge is 0.289 e. The molecule has 0 saturated heterocycles. The number of fused-ring (bicyclic) bond motifs is 7. The fraction of sp³-hybridized carbons (Fsp3) is 0. The third-order valence-corrected chi connectivity index (χ3v) is 4.61. The fourth-order valence-corrected chi connectivity index (χ4v) is 3.58. The van der Waals surface area contributed by atoms with Gasteiger partial charge in [0.05, 0.1) is 0 Å². The van der Waals surface area contributed by atoms with Crippen molar-refractivity contribution in [1.29, 1.82) is 0 Å². The molecule has 0 saturated carbocycles. The quantitative estimate of drug-likeness (QED) is 0.483. The Morgan fingerprint density at radius 3 is 2.36 bits per heavy atom. The molecular formula is C21H12O. The van der Waals surface area contributed by atoms with Crippen molar-refractivity contribution < 1.29 is 4.79 Å². The molecule has 5 rings (SSSR count). The molecule has 102 valence electrons. The van der Waals surface area contributed by atoms with E-state index in [-0.39, 0.29) is 5.78 Å². The van der Waals surface area contributed by atoms with Gasteiger partial charge in [-0.1, -0.05) is 54.6 Å². The van der Waals surface area contributed by atoms with Crippen molar-refractivity contribution >= 4 is 28.7 Å². The molecule has 0 amide bonds. The van der Waals surface area contributed by atoms with Gasteiger partial charge in [-0.25, -0.2) is 0 Å². The van der Waals surface area contributed by atoms with Crippen LogP contribution in [0, 0.1) is 0 Å². The molecule has 0 unspecified atom stereocenters. The minimum atomic E-state index is 0.0900. The molecule has 0 aromatic heterocycles. The number of carbonyl (C=O) groups is 1. The van der Waals surface area contributed by atoms with E-state index in [0.29, 0.717) is 0 Å². The Labute approximate surface area is 127 Å². The molecule has 22 heavy (non-hydrogen) atoms. The van der Waals surface area contributed by atoms with Crippen LogP contribution in [0.2, 0.25) is 0 Å². The summed E-state index contributed by atoms with van der Waals surface area (Å²) >= 11 is 0. The van der Waals surface area contributed by atoms with Crippen LogP contribution in [0.3, 0.4) is 0 Å². The zero-order valence-electron chi connectivity index (χ0n) is 11.8. The van der Waals surface area contributed by atoms with Crippen molar-refractivity contribution in [3.05, 3.63) is 82.2 Å². The van der Waals surface area contributed by atoms with E-state index in [1.54, 1.807) is 6.08 Å². The molecule has 0 radical (unpaired) electrons. The SMILES string of the molecule is O=C1C=CC=c2c1ccc1c3c(ccc21)-c1ccccc1C=3. The molecule has 1 nitrogen and oxygen atoms in total. The molecule has 0 atom stereocenters. The molecule has 2 aliphatic rings. The van der Waals surface area contributed by atoms with Crippen LogP contribution in [0.1, 0.15) is 15.9 Å². The van der Waals surface area contributed by atoms with Gasteiger partial charge in [0.2, 0.25) is 0 Å². The molecule has 0 spiro atoms. The fourth-order valence-electron chi connectivity index (χ4n) is 3.58. The van der Waals surface area contributed by atoms with E-state index in [9.17, 15) is 4.79 Å². The Morgan fingerprint density at radius 1 is 0.682 bits per heavy atom. The predicted molar refractivity (Wildman–Crippen MR) is 90.1 cm³/mol. The average molecular weight is 280 g/mol. The Bertz CT molecular complexity index is 1130. The first-order valence-corrected chi connectivity index (χ1v) is 7.42. The second-order valence-electron chi connectivity index (χ2n) is 5.77. The smallest absolute Gasteiger partial charge is 0.186 e. The molecule has 0 N–H and O–H groups in total. The highest BCUT2D eigenvalue weighted by Gasteiger charge is 2.15. The van der Waals surface area contributed by atoms with Crippen LogP contribution < -0.4 is 10.4 Å². The number of hydrogen-bond donors (Lipinski definition) is 0. The standard InChI is InChI=1S/C21H12O/c22-21-7-3-6-15-17-9-8-16-14-5-2-1-4-13(14)12-20(16)18(17)10-11-19(15)21/h1-12H. The lowest BCUT2D eigenvalue weighted by Crippen LogP contribution is -2.19. The molecule has 0 fully saturated rings. The van der Waals surface area contributed by atoms with E-state index in [1.807, 2.05) is 18.2 Å². The van der Waals surface area contributed by atoms with Gasteiger partial charge in [-0.2, -0.15) is 0 Å². The number of ketones is 1. The second-order valence-corrected chi connectivity index (χ2v) is 5.77. The topological polar surface area (TPSA) is 17.1 Å². The number of hydrogen-bond acceptors (Lipinski definition) is 1. The Morgan fingerprint density at radius 2 is 1.45 bits per heavy atom. The maximum Gasteiger partial charge on any atom is 0.186 e. The van der Waals surface area contributed by atoms with Crippen LogP contribution in [0.25, 0.3) is 34.1 Å². The van der Waals surface area contributed by atoms with Crippen LogP contribution in [0.4, 0.5) is 0 Å². The van der Waals surface area contributed by atoms with Gasteiger partial charge in [-0.3, -0.25) is 4.79 Å². The zero-order valence-corrected chi connectivity index (χ0v) is 11.8. The van der Waals surface area contributed by atoms with Gasteiger partial charge in [0.1, 0.15) is 0 Å². The summed E-state index contributed by atoms with van der Waals surface area (Å²) < 4.78 is 0. The van der Waals surface area contributed by atoms with Gasteiger partial charge < -0.3 is 0 Å². The summed E-state index contributed by atoms with van der Waals surface area (Å²) in [5.41, 5.74) is 4.63. The van der Waals surface area contributed by atoms with Crippen molar-refractivity contribution in [3.63, 3.8) is 0 Å². The van der Waals surface area contributed by atoms with E-state index >= 15 is 0 Å². The monoisotopic (exact) mass is 280 g/mol. The van der Waals surface area contributed by atoms with Crippen molar-refractivity contribution in [2.24, 2.45) is 0 Å². The van der Waals surface area contributed by atoms with Crippen LogP contribution in [-0.2, 0) is 0 Å². The normalized spacial score (nSPS) is 14.1. The number of carbonyl (C=O) groups excluding carboxylic acids is 1. The minimum absolute atomic E-state index is 0.0900. The summed E-state index contributed by atoms with van der Waals surface area (Å²) in [6.07, 6.45) is 7.76. The van der Waals surface area contributed by atoms with Crippen LogP contribution in [0.5, 0.6) is 0 Å². The lowest BCUT2D eigenvalue weighted by molar-refractivity contribution is 0.104. The number of allylic oxidation sites excluding steroid dienone is 2. The Balaban J connectivity index is 1.96. The van der Waals surface area contributed by atoms with Gasteiger partial charge in [0.15, 0.2) is 5.78 Å². The molecule has 3 aromatic rings. The first-order valence-electron chi connectivity index (χ1n) is 7.42. The number of rotatable bonds is 0. The lowest BCUT2D eigenvalue weighted by atomic mass is 9.94. The van der Waals surface area contributed by atoms with Gasteiger partial charge in [0.25, 0.3) is 0 Å². The molecule has 3 aromatic carbocycles. The van der Waals surface area contributed by atoms with E-state index in [0.717, 1.165) is 16.2 Å². The molecule has 0 bridgehead atoms. The maximum atomic E-state index is 12.0. The summed E-state index contributed by atoms with van der Waals surface area (Å²) in [7, 11) is 0. The predicted octanol–water partition coefficient (Wildman–Crippen LogP) is 3.18. The zero-order chi connectivity index (χ0) is 14.7. The lowest BCUT2D eigenvalue weighted by Gasteiger charge is -2.08. The van der Waals surface area contributed by atoms with Crippen molar-refractivity contribution in [1.82, 2.24) is 0 Å². The van der Waals surface area contributed by atoms with Gasteiger partial charge in [-0.05, 0) is 56.1 Å². The number of benzene rings is 3. The first-order chi connectivity index (χ1) is 10.8. The van der Waals surface area contributed by atoms with Crippen molar-refractivity contribution in [3.8, 4) is 11.1 Å². The first kappa shape index (κ1) is 11.7. The van der Waals surface area contributed by atoms with E-state index in [1.165, 1.54) is 27.3 Å². The van der Waals surface area contributed by atoms with Gasteiger partial charge >= 0.3 is 0 Å². The summed E-state index contributed by atoms with van der Waals surface area (Å²) in [5, 5.41) is 4.67. The Hall–Kier alpha value is -2.93. The highest BCUT2D eigenvalue weighted by Crippen LogP contribution is 2.28. The van der Waals surface area contributed by atoms with E-state index < -0.39 is 0 Å². The van der Waals surface area contributed by atoms with E-state index in [4.69, 9.17) is 0 Å². The van der Waals surface area contributed by atoms with Crippen molar-refractivity contribution in [2.45, 2.75) is 0 Å². The van der Waals surface area contributed by atoms with Crippen molar-refractivity contribution in [2.75, 3.05) is 0 Å². The van der Waals surface area contributed by atoms with E-state index in [2.05, 4.69) is 48.5 Å². The molecule has 0 aliphatic heterocycles. The van der Waals surface area contributed by atoms with Crippen LogP contribution in [-0.4, -0.2) is 5.78 Å². The molecule has 0 heterocycles. The highest BCUT2D eigenvalue weighted by atomic mass is 16.1. The summed E-state index contributed by atoms with van der Waals surface area (Å²) in [4.78, 5) is 12.0. The molecular weight excluding hydrogens is 268 g/mol. The van der Waals surface area contributed by atoms with Crippen LogP contribution >= 0.6 is 0 Å². The van der Waals surface area contributed by atoms with Gasteiger partial charge in [0, 0.05) is 5.56 Å². The highest BCUT2D eigenvalue weighted by molar-refractivity contribution is 6.10. The summed E-state index contributed by atoms with van der Waals surface area (Å²) in [6.45, 7) is 0. The maximum absolute atomic E-state index is 12.0. The Kier molecular flexibility index (Phi) is 2.15. The molecule has 2 aliphatic carbocycles. The van der Waals surface area contributed by atoms with Gasteiger partial charge in [-0.15, -0.1) is 0 Å². The van der Waals surface area contributed by atoms with Crippen LogP contribution in [0.15, 0.2) is 60.7 Å².